The highest BCUT2D eigenvalue weighted by molar-refractivity contribution is 9.10. The van der Waals surface area contributed by atoms with E-state index in [9.17, 15) is 14.0 Å². The number of aryl methyl sites for hydroxylation is 1. The number of benzene rings is 2. The summed E-state index contributed by atoms with van der Waals surface area (Å²) in [6.45, 7) is 3.45. The highest BCUT2D eigenvalue weighted by atomic mass is 79.9. The summed E-state index contributed by atoms with van der Waals surface area (Å²) in [5.41, 5.74) is 1.54. The lowest BCUT2D eigenvalue weighted by molar-refractivity contribution is 0.315. The van der Waals surface area contributed by atoms with Gasteiger partial charge in [0.25, 0.3) is 0 Å². The molecule has 27 heavy (non-hydrogen) atoms. The predicted molar refractivity (Wildman–Crippen MR) is 104 cm³/mol. The Morgan fingerprint density at radius 1 is 0.963 bits per heavy atom. The normalized spacial score (nSPS) is 14.0. The lowest BCUT2D eigenvalue weighted by atomic mass is 9.66. The number of pyridine rings is 1. The van der Waals surface area contributed by atoms with E-state index in [1.54, 1.807) is 19.2 Å². The zero-order chi connectivity index (χ0) is 19.6. The number of hydrogen-bond acceptors (Lipinski definition) is 3. The van der Waals surface area contributed by atoms with Gasteiger partial charge in [-0.3, -0.25) is 4.98 Å². The Kier molecular flexibility index (Phi) is 5.37. The van der Waals surface area contributed by atoms with E-state index in [4.69, 9.17) is 0 Å². The van der Waals surface area contributed by atoms with Crippen LogP contribution in [0, 0.1) is 18.6 Å². The van der Waals surface area contributed by atoms with Crippen LogP contribution in [0.25, 0.3) is 0 Å². The minimum absolute atomic E-state index is 0.278. The molecule has 2 aromatic carbocycles. The van der Waals surface area contributed by atoms with Crippen LogP contribution in [0.15, 0.2) is 70.4 Å². The Morgan fingerprint density at radius 2 is 1.59 bits per heavy atom. The molecule has 0 aliphatic rings. The van der Waals surface area contributed by atoms with E-state index < -0.39 is 17.0 Å². The summed E-state index contributed by atoms with van der Waals surface area (Å²) in [6, 6.07) is 14.2. The van der Waals surface area contributed by atoms with Crippen LogP contribution < -0.4 is 0 Å². The SMILES string of the molecule is C/C(=N/O)C(c1ccc(Br)cc1)(c1cc(F)cc(F)c1)c1ccnc(C)c1. The van der Waals surface area contributed by atoms with Crippen molar-refractivity contribution in [1.29, 1.82) is 0 Å². The van der Waals surface area contributed by atoms with Crippen molar-refractivity contribution in [2.45, 2.75) is 19.3 Å². The fourth-order valence-electron chi connectivity index (χ4n) is 3.45. The maximum Gasteiger partial charge on any atom is 0.126 e. The zero-order valence-electron chi connectivity index (χ0n) is 14.7. The number of oxime groups is 1. The second-order valence-electron chi connectivity index (χ2n) is 6.29. The van der Waals surface area contributed by atoms with Gasteiger partial charge in [0.15, 0.2) is 0 Å². The van der Waals surface area contributed by atoms with E-state index in [0.29, 0.717) is 16.7 Å². The molecule has 3 aromatic rings. The van der Waals surface area contributed by atoms with Crippen molar-refractivity contribution in [3.63, 3.8) is 0 Å². The average Bonchev–Trinajstić information content (AvgIpc) is 2.63. The van der Waals surface area contributed by atoms with Gasteiger partial charge < -0.3 is 5.21 Å². The monoisotopic (exact) mass is 430 g/mol. The molecule has 1 atom stereocenters. The van der Waals surface area contributed by atoms with Gasteiger partial charge in [0.05, 0.1) is 11.1 Å². The topological polar surface area (TPSA) is 45.5 Å². The summed E-state index contributed by atoms with van der Waals surface area (Å²) < 4.78 is 29.1. The van der Waals surface area contributed by atoms with E-state index in [1.807, 2.05) is 37.3 Å². The van der Waals surface area contributed by atoms with Crippen molar-refractivity contribution in [2.75, 3.05) is 0 Å². The van der Waals surface area contributed by atoms with Crippen LogP contribution in [0.3, 0.4) is 0 Å². The first kappa shape index (κ1) is 19.2. The van der Waals surface area contributed by atoms with Gasteiger partial charge in [0, 0.05) is 22.4 Å². The van der Waals surface area contributed by atoms with Crippen LogP contribution in [0.2, 0.25) is 0 Å². The molecule has 1 N–H and O–H groups in total. The van der Waals surface area contributed by atoms with Crippen LogP contribution >= 0.6 is 15.9 Å². The summed E-state index contributed by atoms with van der Waals surface area (Å²) in [5, 5.41) is 13.1. The molecule has 0 aliphatic heterocycles. The van der Waals surface area contributed by atoms with Crippen LogP contribution in [0.1, 0.15) is 29.3 Å². The first-order chi connectivity index (χ1) is 12.9. The molecule has 1 heterocycles. The number of rotatable bonds is 4. The lowest BCUT2D eigenvalue weighted by Crippen LogP contribution is -2.37. The molecule has 6 heteroatoms. The number of hydrogen-bond donors (Lipinski definition) is 1. The number of aromatic nitrogens is 1. The highest BCUT2D eigenvalue weighted by Crippen LogP contribution is 2.41. The second kappa shape index (κ2) is 7.56. The molecular formula is C21H17BrF2N2O. The van der Waals surface area contributed by atoms with Crippen molar-refractivity contribution in [3.8, 4) is 0 Å². The van der Waals surface area contributed by atoms with E-state index in [1.165, 1.54) is 12.1 Å². The summed E-state index contributed by atoms with van der Waals surface area (Å²) in [6.07, 6.45) is 1.62. The van der Waals surface area contributed by atoms with E-state index in [0.717, 1.165) is 16.2 Å². The van der Waals surface area contributed by atoms with Crippen molar-refractivity contribution in [2.24, 2.45) is 5.16 Å². The van der Waals surface area contributed by atoms with Crippen LogP contribution in [-0.2, 0) is 5.41 Å². The van der Waals surface area contributed by atoms with Gasteiger partial charge >= 0.3 is 0 Å². The molecule has 1 aromatic heterocycles. The third-order valence-corrected chi connectivity index (χ3v) is 5.12. The Hall–Kier alpha value is -2.60. The maximum atomic E-state index is 14.1. The van der Waals surface area contributed by atoms with Gasteiger partial charge in [-0.05, 0) is 66.9 Å². The van der Waals surface area contributed by atoms with Crippen molar-refractivity contribution in [3.05, 3.63) is 99.3 Å². The molecule has 1 unspecified atom stereocenters. The van der Waals surface area contributed by atoms with E-state index in [-0.39, 0.29) is 5.71 Å². The molecule has 0 aliphatic carbocycles. The molecule has 0 saturated carbocycles. The van der Waals surface area contributed by atoms with Gasteiger partial charge in [-0.15, -0.1) is 0 Å². The molecule has 0 radical (unpaired) electrons. The first-order valence-corrected chi connectivity index (χ1v) is 9.02. The van der Waals surface area contributed by atoms with Crippen molar-refractivity contribution < 1.29 is 14.0 Å². The summed E-state index contributed by atoms with van der Waals surface area (Å²) in [4.78, 5) is 4.22. The first-order valence-electron chi connectivity index (χ1n) is 8.23. The van der Waals surface area contributed by atoms with Crippen LogP contribution in [0.5, 0.6) is 0 Å². The Bertz CT molecular complexity index is 985. The molecule has 3 rings (SSSR count). The Morgan fingerprint density at radius 3 is 2.15 bits per heavy atom. The molecule has 0 bridgehead atoms. The van der Waals surface area contributed by atoms with E-state index in [2.05, 4.69) is 26.1 Å². The van der Waals surface area contributed by atoms with E-state index >= 15 is 0 Å². The zero-order valence-corrected chi connectivity index (χ0v) is 16.3. The second-order valence-corrected chi connectivity index (χ2v) is 7.20. The molecule has 0 spiro atoms. The third kappa shape index (κ3) is 3.49. The highest BCUT2D eigenvalue weighted by Gasteiger charge is 2.41. The maximum absolute atomic E-state index is 14.1. The van der Waals surface area contributed by atoms with Gasteiger partial charge in [0.1, 0.15) is 11.6 Å². The fraction of sp³-hybridized carbons (Fsp3) is 0.143. The molecular weight excluding hydrogens is 414 g/mol. The summed E-state index contributed by atoms with van der Waals surface area (Å²) in [7, 11) is 0. The molecule has 3 nitrogen and oxygen atoms in total. The lowest BCUT2D eigenvalue weighted by Gasteiger charge is -2.35. The van der Waals surface area contributed by atoms with Crippen LogP contribution in [-0.4, -0.2) is 15.9 Å². The largest absolute Gasteiger partial charge is 0.411 e. The Balaban J connectivity index is 2.47. The van der Waals surface area contributed by atoms with Gasteiger partial charge in [-0.25, -0.2) is 8.78 Å². The minimum atomic E-state index is -1.19. The Labute approximate surface area is 164 Å². The average molecular weight is 431 g/mol. The van der Waals surface area contributed by atoms with Crippen molar-refractivity contribution >= 4 is 21.6 Å². The molecule has 0 fully saturated rings. The quantitative estimate of drug-likeness (QED) is 0.331. The third-order valence-electron chi connectivity index (χ3n) is 4.60. The van der Waals surface area contributed by atoms with Gasteiger partial charge in [0.2, 0.25) is 0 Å². The minimum Gasteiger partial charge on any atom is -0.411 e. The van der Waals surface area contributed by atoms with Gasteiger partial charge in [-0.2, -0.15) is 0 Å². The van der Waals surface area contributed by atoms with Crippen LogP contribution in [0.4, 0.5) is 8.78 Å². The van der Waals surface area contributed by atoms with Crippen molar-refractivity contribution in [1.82, 2.24) is 4.98 Å². The smallest absolute Gasteiger partial charge is 0.126 e. The fourth-order valence-corrected chi connectivity index (χ4v) is 3.72. The molecule has 0 saturated heterocycles. The summed E-state index contributed by atoms with van der Waals surface area (Å²) >= 11 is 3.40. The molecule has 138 valence electrons. The summed E-state index contributed by atoms with van der Waals surface area (Å²) in [5.74, 6) is -1.41. The number of halogens is 3. The van der Waals surface area contributed by atoms with Gasteiger partial charge in [-0.1, -0.05) is 33.2 Å². The predicted octanol–water partition coefficient (Wildman–Crippen LogP) is 5.62. The number of nitrogens with zero attached hydrogens (tertiary/aromatic N) is 2. The molecule has 0 amide bonds. The standard InChI is InChI=1S/C21H17BrF2N2O/c1-13-9-16(7-8-25-13)21(14(2)26-27,15-3-5-18(22)6-4-15)17-10-19(23)12-20(24)11-17/h3-12,27H,1-2H3/b26-14-.